The van der Waals surface area contributed by atoms with Gasteiger partial charge in [-0.15, -0.1) is 0 Å². The standard InChI is InChI=1S/C17H24N4O3/c1-12-8-13(9-15(19-12)20-5-2-3-6-20)10-18-17(24)21-7-4-14(11-21)16(22)23/h8-9,14H,2-7,10-11H2,1H3,(H,18,24)(H,22,23). The van der Waals surface area contributed by atoms with E-state index in [1.54, 1.807) is 4.90 Å². The van der Waals surface area contributed by atoms with Gasteiger partial charge in [-0.2, -0.15) is 0 Å². The fourth-order valence-corrected chi connectivity index (χ4v) is 3.37. The van der Waals surface area contributed by atoms with E-state index < -0.39 is 11.9 Å². The molecule has 0 saturated carbocycles. The lowest BCUT2D eigenvalue weighted by molar-refractivity contribution is -0.141. The van der Waals surface area contributed by atoms with Crippen LogP contribution in [0.25, 0.3) is 0 Å². The Labute approximate surface area is 141 Å². The number of hydrogen-bond acceptors (Lipinski definition) is 4. The molecule has 24 heavy (non-hydrogen) atoms. The second-order valence-electron chi connectivity index (χ2n) is 6.60. The van der Waals surface area contributed by atoms with Crippen molar-refractivity contribution in [2.45, 2.75) is 32.7 Å². The number of pyridine rings is 1. The van der Waals surface area contributed by atoms with Crippen LogP contribution in [0.2, 0.25) is 0 Å². The summed E-state index contributed by atoms with van der Waals surface area (Å²) in [7, 11) is 0. The molecule has 0 spiro atoms. The Hall–Kier alpha value is -2.31. The van der Waals surface area contributed by atoms with E-state index in [-0.39, 0.29) is 12.6 Å². The molecule has 2 aliphatic heterocycles. The summed E-state index contributed by atoms with van der Waals surface area (Å²) in [6, 6.07) is 3.81. The van der Waals surface area contributed by atoms with E-state index >= 15 is 0 Å². The lowest BCUT2D eigenvalue weighted by Crippen LogP contribution is -2.38. The van der Waals surface area contributed by atoms with Crippen LogP contribution in [0, 0.1) is 12.8 Å². The van der Waals surface area contributed by atoms with Crippen LogP contribution in [0.1, 0.15) is 30.5 Å². The van der Waals surface area contributed by atoms with Gasteiger partial charge < -0.3 is 20.2 Å². The minimum Gasteiger partial charge on any atom is -0.481 e. The van der Waals surface area contributed by atoms with Gasteiger partial charge in [0, 0.05) is 38.4 Å². The highest BCUT2D eigenvalue weighted by atomic mass is 16.4. The van der Waals surface area contributed by atoms with Crippen LogP contribution in [0.4, 0.5) is 10.6 Å². The lowest BCUT2D eigenvalue weighted by Gasteiger charge is -2.19. The highest BCUT2D eigenvalue weighted by Gasteiger charge is 2.30. The van der Waals surface area contributed by atoms with Crippen LogP contribution in [-0.4, -0.2) is 53.2 Å². The highest BCUT2D eigenvalue weighted by Crippen LogP contribution is 2.20. The van der Waals surface area contributed by atoms with Crippen LogP contribution in [-0.2, 0) is 11.3 Å². The first-order valence-electron chi connectivity index (χ1n) is 8.51. The minimum atomic E-state index is -0.828. The first-order valence-corrected chi connectivity index (χ1v) is 8.51. The average molecular weight is 332 g/mol. The van der Waals surface area contributed by atoms with E-state index in [4.69, 9.17) is 5.11 Å². The third-order valence-corrected chi connectivity index (χ3v) is 4.70. The van der Waals surface area contributed by atoms with Gasteiger partial charge in [0.05, 0.1) is 5.92 Å². The molecule has 0 aromatic carbocycles. The number of aryl methyl sites for hydroxylation is 1. The van der Waals surface area contributed by atoms with Crippen LogP contribution in [0.3, 0.4) is 0 Å². The van der Waals surface area contributed by atoms with Gasteiger partial charge in [0.25, 0.3) is 0 Å². The first kappa shape index (κ1) is 16.5. The van der Waals surface area contributed by atoms with Crippen molar-refractivity contribution in [3.8, 4) is 0 Å². The topological polar surface area (TPSA) is 85.8 Å². The number of carbonyl (C=O) groups is 2. The van der Waals surface area contributed by atoms with Gasteiger partial charge in [-0.1, -0.05) is 0 Å². The van der Waals surface area contributed by atoms with E-state index in [1.165, 1.54) is 12.8 Å². The summed E-state index contributed by atoms with van der Waals surface area (Å²) in [4.78, 5) is 31.6. The summed E-state index contributed by atoms with van der Waals surface area (Å²) in [5.74, 6) is -0.296. The van der Waals surface area contributed by atoms with Crippen molar-refractivity contribution in [3.63, 3.8) is 0 Å². The molecule has 0 radical (unpaired) electrons. The molecule has 2 N–H and O–H groups in total. The molecule has 3 heterocycles. The van der Waals surface area contributed by atoms with Crippen LogP contribution < -0.4 is 10.2 Å². The Kier molecular flexibility index (Phi) is 4.87. The molecular formula is C17H24N4O3. The van der Waals surface area contributed by atoms with Gasteiger partial charge in [-0.05, 0) is 43.9 Å². The minimum absolute atomic E-state index is 0.198. The van der Waals surface area contributed by atoms with Crippen LogP contribution >= 0.6 is 0 Å². The van der Waals surface area contributed by atoms with E-state index in [1.807, 2.05) is 19.1 Å². The van der Waals surface area contributed by atoms with Gasteiger partial charge in [0.1, 0.15) is 5.82 Å². The molecule has 2 aliphatic rings. The maximum Gasteiger partial charge on any atom is 0.317 e. The largest absolute Gasteiger partial charge is 0.481 e. The smallest absolute Gasteiger partial charge is 0.317 e. The van der Waals surface area contributed by atoms with E-state index in [0.717, 1.165) is 30.2 Å². The van der Waals surface area contributed by atoms with Gasteiger partial charge in [-0.25, -0.2) is 9.78 Å². The Morgan fingerprint density at radius 3 is 2.71 bits per heavy atom. The molecule has 130 valence electrons. The predicted octanol–water partition coefficient (Wildman–Crippen LogP) is 1.61. The second-order valence-corrected chi connectivity index (χ2v) is 6.60. The summed E-state index contributed by atoms with van der Waals surface area (Å²) >= 11 is 0. The number of aliphatic carboxylic acids is 1. The Bertz CT molecular complexity index is 628. The van der Waals surface area contributed by atoms with E-state index in [2.05, 4.69) is 15.2 Å². The number of hydrogen-bond donors (Lipinski definition) is 2. The Morgan fingerprint density at radius 2 is 2.04 bits per heavy atom. The molecule has 1 aromatic heterocycles. The number of carboxylic acids is 1. The maximum atomic E-state index is 12.2. The number of likely N-dealkylation sites (tertiary alicyclic amines) is 1. The summed E-state index contributed by atoms with van der Waals surface area (Å²) < 4.78 is 0. The summed E-state index contributed by atoms with van der Waals surface area (Å²) in [6.07, 6.45) is 2.92. The van der Waals surface area contributed by atoms with Crippen molar-refractivity contribution < 1.29 is 14.7 Å². The molecule has 2 amide bonds. The summed E-state index contributed by atoms with van der Waals surface area (Å²) in [6.45, 7) is 5.24. The van der Waals surface area contributed by atoms with E-state index in [0.29, 0.717) is 19.5 Å². The molecule has 0 aliphatic carbocycles. The van der Waals surface area contributed by atoms with Gasteiger partial charge in [0.2, 0.25) is 0 Å². The number of carbonyl (C=O) groups excluding carboxylic acids is 1. The molecule has 1 aromatic rings. The molecule has 0 bridgehead atoms. The van der Waals surface area contributed by atoms with Crippen LogP contribution in [0.15, 0.2) is 12.1 Å². The zero-order chi connectivity index (χ0) is 17.1. The Balaban J connectivity index is 1.58. The maximum absolute atomic E-state index is 12.2. The first-order chi connectivity index (χ1) is 11.5. The molecule has 2 fully saturated rings. The third kappa shape index (κ3) is 3.77. The molecule has 2 saturated heterocycles. The van der Waals surface area contributed by atoms with Crippen molar-refractivity contribution in [1.29, 1.82) is 0 Å². The average Bonchev–Trinajstić information content (AvgIpc) is 3.23. The van der Waals surface area contributed by atoms with Gasteiger partial charge in [0.15, 0.2) is 0 Å². The van der Waals surface area contributed by atoms with Gasteiger partial charge in [-0.3, -0.25) is 4.79 Å². The van der Waals surface area contributed by atoms with Crippen molar-refractivity contribution in [3.05, 3.63) is 23.4 Å². The predicted molar refractivity (Wildman–Crippen MR) is 90.0 cm³/mol. The lowest BCUT2D eigenvalue weighted by atomic mass is 10.1. The molecule has 7 nitrogen and oxygen atoms in total. The number of amides is 2. The quantitative estimate of drug-likeness (QED) is 0.875. The molecule has 3 rings (SSSR count). The third-order valence-electron chi connectivity index (χ3n) is 4.70. The number of anilines is 1. The fraction of sp³-hybridized carbons (Fsp3) is 0.588. The van der Waals surface area contributed by atoms with Crippen LogP contribution in [0.5, 0.6) is 0 Å². The van der Waals surface area contributed by atoms with E-state index in [9.17, 15) is 9.59 Å². The molecular weight excluding hydrogens is 308 g/mol. The molecule has 1 unspecified atom stereocenters. The number of rotatable bonds is 4. The van der Waals surface area contributed by atoms with Crippen molar-refractivity contribution in [1.82, 2.24) is 15.2 Å². The zero-order valence-corrected chi connectivity index (χ0v) is 14.0. The molecule has 7 heteroatoms. The number of aromatic nitrogens is 1. The van der Waals surface area contributed by atoms with Crippen molar-refractivity contribution in [2.24, 2.45) is 5.92 Å². The monoisotopic (exact) mass is 332 g/mol. The number of nitrogens with zero attached hydrogens (tertiary/aromatic N) is 3. The van der Waals surface area contributed by atoms with Crippen molar-refractivity contribution >= 4 is 17.8 Å². The van der Waals surface area contributed by atoms with Crippen molar-refractivity contribution in [2.75, 3.05) is 31.1 Å². The molecule has 1 atom stereocenters. The Morgan fingerprint density at radius 1 is 1.29 bits per heavy atom. The normalized spacial score (nSPS) is 20.5. The fourth-order valence-electron chi connectivity index (χ4n) is 3.37. The summed E-state index contributed by atoms with van der Waals surface area (Å²) in [5.41, 5.74) is 1.96. The number of nitrogens with one attached hydrogen (secondary N) is 1. The zero-order valence-electron chi connectivity index (χ0n) is 14.0. The summed E-state index contributed by atoms with van der Waals surface area (Å²) in [5, 5.41) is 11.9. The highest BCUT2D eigenvalue weighted by molar-refractivity contribution is 5.77. The number of carboxylic acid groups (broad SMARTS) is 1. The SMILES string of the molecule is Cc1cc(CNC(=O)N2CCC(C(=O)O)C2)cc(N2CCCC2)n1. The second kappa shape index (κ2) is 7.07. The van der Waals surface area contributed by atoms with Gasteiger partial charge >= 0.3 is 12.0 Å². The number of urea groups is 1.